The van der Waals surface area contributed by atoms with E-state index >= 15 is 0 Å². The van der Waals surface area contributed by atoms with Crippen LogP contribution in [0.4, 0.5) is 0 Å². The van der Waals surface area contributed by atoms with Crippen LogP contribution in [0.2, 0.25) is 0 Å². The maximum atomic E-state index is 12.1. The van der Waals surface area contributed by atoms with Crippen LogP contribution in [-0.2, 0) is 14.3 Å². The molecule has 0 unspecified atom stereocenters. The van der Waals surface area contributed by atoms with Gasteiger partial charge in [-0.3, -0.25) is 9.59 Å². The molecule has 0 aliphatic carbocycles. The van der Waals surface area contributed by atoms with Gasteiger partial charge in [-0.25, -0.2) is 0 Å². The van der Waals surface area contributed by atoms with Crippen LogP contribution >= 0.6 is 0 Å². The lowest BCUT2D eigenvalue weighted by atomic mass is 9.68. The number of nitrogens with one attached hydrogen (secondary N) is 1. The zero-order chi connectivity index (χ0) is 12.9. The van der Waals surface area contributed by atoms with Crippen molar-refractivity contribution in [1.29, 1.82) is 0 Å². The molecule has 0 aromatic carbocycles. The molecule has 1 N–H and O–H groups in total. The van der Waals surface area contributed by atoms with Gasteiger partial charge < -0.3 is 10.1 Å². The summed E-state index contributed by atoms with van der Waals surface area (Å²) in [5, 5.41) is 2.57. The molecule has 0 aliphatic heterocycles. The topological polar surface area (TPSA) is 55.4 Å². The summed E-state index contributed by atoms with van der Waals surface area (Å²) in [5.74, 6) is -0.909. The molecular formula is C12H23NO3. The Hall–Kier alpha value is -1.06. The van der Waals surface area contributed by atoms with E-state index in [0.717, 1.165) is 0 Å². The second kappa shape index (κ2) is 5.87. The minimum atomic E-state index is -1.09. The van der Waals surface area contributed by atoms with E-state index in [-0.39, 0.29) is 24.3 Å². The maximum absolute atomic E-state index is 12.1. The Morgan fingerprint density at radius 2 is 1.62 bits per heavy atom. The first-order valence-electron chi connectivity index (χ1n) is 5.74. The van der Waals surface area contributed by atoms with Gasteiger partial charge in [-0.1, -0.05) is 27.7 Å². The van der Waals surface area contributed by atoms with Crippen LogP contribution in [0.3, 0.4) is 0 Å². The number of ether oxygens (including phenoxy) is 1. The summed E-state index contributed by atoms with van der Waals surface area (Å²) in [6, 6.07) is 0. The van der Waals surface area contributed by atoms with E-state index in [0.29, 0.717) is 0 Å². The molecule has 0 atom stereocenters. The Morgan fingerprint density at radius 1 is 1.19 bits per heavy atom. The second-order valence-electron chi connectivity index (χ2n) is 4.48. The zero-order valence-corrected chi connectivity index (χ0v) is 11.1. The van der Waals surface area contributed by atoms with Crippen LogP contribution in [0.15, 0.2) is 0 Å². The quantitative estimate of drug-likeness (QED) is 0.575. The third kappa shape index (κ3) is 2.36. The molecule has 0 aromatic rings. The fourth-order valence-electron chi connectivity index (χ4n) is 2.21. The van der Waals surface area contributed by atoms with Crippen molar-refractivity contribution in [2.24, 2.45) is 17.3 Å². The minimum absolute atomic E-state index is 0.105. The van der Waals surface area contributed by atoms with E-state index in [4.69, 9.17) is 4.74 Å². The van der Waals surface area contributed by atoms with Crippen LogP contribution in [-0.4, -0.2) is 25.5 Å². The molecule has 0 aromatic heterocycles. The highest BCUT2D eigenvalue weighted by molar-refractivity contribution is 6.03. The molecule has 0 rings (SSSR count). The number of esters is 1. The lowest BCUT2D eigenvalue weighted by molar-refractivity contribution is -0.168. The monoisotopic (exact) mass is 229 g/mol. The first-order chi connectivity index (χ1) is 7.35. The normalized spacial score (nSPS) is 11.8. The molecule has 4 heteroatoms. The number of hydrogen-bond donors (Lipinski definition) is 1. The Kier molecular flexibility index (Phi) is 5.48. The summed E-state index contributed by atoms with van der Waals surface area (Å²) in [6.45, 7) is 9.50. The molecule has 16 heavy (non-hydrogen) atoms. The van der Waals surface area contributed by atoms with Crippen molar-refractivity contribution in [3.8, 4) is 0 Å². The number of rotatable bonds is 5. The molecule has 0 saturated heterocycles. The largest absolute Gasteiger partial charge is 0.465 e. The van der Waals surface area contributed by atoms with Gasteiger partial charge in [0.1, 0.15) is 0 Å². The van der Waals surface area contributed by atoms with Crippen LogP contribution in [0, 0.1) is 17.3 Å². The predicted molar refractivity (Wildman–Crippen MR) is 62.8 cm³/mol. The maximum Gasteiger partial charge on any atom is 0.322 e. The molecule has 0 heterocycles. The van der Waals surface area contributed by atoms with Crippen molar-refractivity contribution < 1.29 is 14.3 Å². The molecule has 0 aliphatic rings. The van der Waals surface area contributed by atoms with Crippen molar-refractivity contribution in [3.05, 3.63) is 0 Å². The number of carbonyl (C=O) groups is 2. The van der Waals surface area contributed by atoms with Gasteiger partial charge >= 0.3 is 5.97 Å². The van der Waals surface area contributed by atoms with Gasteiger partial charge in [-0.15, -0.1) is 0 Å². The molecule has 0 fully saturated rings. The van der Waals surface area contributed by atoms with Crippen molar-refractivity contribution in [2.45, 2.75) is 34.6 Å². The Balaban J connectivity index is 5.44. The van der Waals surface area contributed by atoms with Crippen molar-refractivity contribution in [1.82, 2.24) is 5.32 Å². The van der Waals surface area contributed by atoms with E-state index in [2.05, 4.69) is 5.32 Å². The third-order valence-corrected chi connectivity index (χ3v) is 3.04. The zero-order valence-electron chi connectivity index (χ0n) is 11.1. The predicted octanol–water partition coefficient (Wildman–Crippen LogP) is 1.59. The van der Waals surface area contributed by atoms with E-state index in [9.17, 15) is 9.59 Å². The van der Waals surface area contributed by atoms with Gasteiger partial charge in [-0.2, -0.15) is 0 Å². The van der Waals surface area contributed by atoms with E-state index < -0.39 is 11.4 Å². The number of carbonyl (C=O) groups excluding carboxylic acids is 2. The second-order valence-corrected chi connectivity index (χ2v) is 4.48. The minimum Gasteiger partial charge on any atom is -0.465 e. The Labute approximate surface area is 97.7 Å². The van der Waals surface area contributed by atoms with Crippen LogP contribution in [0.1, 0.15) is 34.6 Å². The molecular weight excluding hydrogens is 206 g/mol. The fraction of sp³-hybridized carbons (Fsp3) is 0.833. The summed E-state index contributed by atoms with van der Waals surface area (Å²) in [7, 11) is 1.54. The van der Waals surface area contributed by atoms with Crippen LogP contribution < -0.4 is 5.32 Å². The first-order valence-corrected chi connectivity index (χ1v) is 5.74. The van der Waals surface area contributed by atoms with Crippen LogP contribution in [0.5, 0.6) is 0 Å². The molecule has 94 valence electrons. The van der Waals surface area contributed by atoms with Gasteiger partial charge in [0.25, 0.3) is 0 Å². The standard InChI is InChI=1S/C12H23NO3/c1-7-16-11(15)12(8(2)3,9(4)5)10(14)13-6/h8-9H,7H2,1-6H3,(H,13,14). The lowest BCUT2D eigenvalue weighted by Gasteiger charge is -2.36. The molecule has 0 saturated carbocycles. The van der Waals surface area contributed by atoms with E-state index in [1.54, 1.807) is 14.0 Å². The van der Waals surface area contributed by atoms with Gasteiger partial charge in [0.05, 0.1) is 6.61 Å². The summed E-state index contributed by atoms with van der Waals surface area (Å²) in [5.41, 5.74) is -1.09. The highest BCUT2D eigenvalue weighted by atomic mass is 16.5. The van der Waals surface area contributed by atoms with Crippen LogP contribution in [0.25, 0.3) is 0 Å². The Bertz CT molecular complexity index is 251. The molecule has 1 amide bonds. The average molecular weight is 229 g/mol. The van der Waals surface area contributed by atoms with Crippen molar-refractivity contribution in [3.63, 3.8) is 0 Å². The average Bonchev–Trinajstić information content (AvgIpc) is 2.17. The fourth-order valence-corrected chi connectivity index (χ4v) is 2.21. The number of hydrogen-bond acceptors (Lipinski definition) is 3. The number of amides is 1. The third-order valence-electron chi connectivity index (χ3n) is 3.04. The highest BCUT2D eigenvalue weighted by Gasteiger charge is 2.52. The molecule has 0 spiro atoms. The summed E-state index contributed by atoms with van der Waals surface area (Å²) in [6.07, 6.45) is 0. The summed E-state index contributed by atoms with van der Waals surface area (Å²) < 4.78 is 5.05. The van der Waals surface area contributed by atoms with Gasteiger partial charge in [-0.05, 0) is 18.8 Å². The van der Waals surface area contributed by atoms with E-state index in [1.165, 1.54) is 0 Å². The Morgan fingerprint density at radius 3 is 1.88 bits per heavy atom. The SMILES string of the molecule is CCOC(=O)C(C(=O)NC)(C(C)C)C(C)C. The van der Waals surface area contributed by atoms with Crippen molar-refractivity contribution in [2.75, 3.05) is 13.7 Å². The first kappa shape index (κ1) is 14.9. The molecule has 0 bridgehead atoms. The summed E-state index contributed by atoms with van der Waals surface area (Å²) >= 11 is 0. The van der Waals surface area contributed by atoms with Gasteiger partial charge in [0.2, 0.25) is 5.91 Å². The molecule has 4 nitrogen and oxygen atoms in total. The molecule has 0 radical (unpaired) electrons. The summed E-state index contributed by atoms with van der Waals surface area (Å²) in [4.78, 5) is 24.1. The van der Waals surface area contributed by atoms with E-state index in [1.807, 2.05) is 27.7 Å². The van der Waals surface area contributed by atoms with Crippen molar-refractivity contribution >= 4 is 11.9 Å². The van der Waals surface area contributed by atoms with Gasteiger partial charge in [0, 0.05) is 7.05 Å². The lowest BCUT2D eigenvalue weighted by Crippen LogP contribution is -2.53. The smallest absolute Gasteiger partial charge is 0.322 e. The van der Waals surface area contributed by atoms with Gasteiger partial charge in [0.15, 0.2) is 5.41 Å². The highest BCUT2D eigenvalue weighted by Crippen LogP contribution is 2.37.